The molecule has 2 rings (SSSR count). The van der Waals surface area contributed by atoms with E-state index < -0.39 is 35.7 Å². The van der Waals surface area contributed by atoms with Crippen LogP contribution < -0.4 is 0 Å². The maximum atomic E-state index is 10.3. The Hall–Kier alpha value is -3.28. The molecule has 0 saturated carbocycles. The number of nitrogens with zero attached hydrogens (tertiary/aromatic N) is 2. The van der Waals surface area contributed by atoms with Gasteiger partial charge in [-0.25, -0.2) is 19.2 Å². The Kier molecular flexibility index (Phi) is 8.36. The van der Waals surface area contributed by atoms with Gasteiger partial charge in [-0.05, 0) is 12.1 Å². The molecule has 0 aromatic carbocycles. The average Bonchev–Trinajstić information content (AvgIpc) is 3.19. The van der Waals surface area contributed by atoms with Crippen LogP contribution in [-0.4, -0.2) is 54.5 Å². The number of aromatic nitrogens is 2. The Morgan fingerprint density at radius 2 is 1.12 bits per heavy atom. The quantitative estimate of drug-likeness (QED) is 0.620. The Bertz CT molecular complexity index is 615. The zero-order chi connectivity index (χ0) is 18.9. The van der Waals surface area contributed by atoms with E-state index in [0.717, 1.165) is 11.3 Å². The van der Waals surface area contributed by atoms with E-state index >= 15 is 0 Å². The van der Waals surface area contributed by atoms with Crippen LogP contribution in [-0.2, 0) is 0 Å². The number of aromatic carboxylic acids is 4. The van der Waals surface area contributed by atoms with Gasteiger partial charge in [0.05, 0.1) is 0 Å². The van der Waals surface area contributed by atoms with Gasteiger partial charge in [0.2, 0.25) is 0 Å². The lowest BCUT2D eigenvalue weighted by atomic mass is 10.4. The van der Waals surface area contributed by atoms with Gasteiger partial charge in [0, 0.05) is 0 Å². The lowest BCUT2D eigenvalue weighted by molar-refractivity contribution is 0.0619. The summed E-state index contributed by atoms with van der Waals surface area (Å²) < 4.78 is 4.19. The number of thiophene rings is 1. The van der Waals surface area contributed by atoms with Gasteiger partial charge in [-0.15, -0.1) is 21.5 Å². The largest absolute Gasteiger partial charge is 0.477 e. The molecule has 0 bridgehead atoms. The molecule has 0 aliphatic carbocycles. The van der Waals surface area contributed by atoms with Gasteiger partial charge in [0.25, 0.3) is 0 Å². The fourth-order valence-electron chi connectivity index (χ4n) is 0.964. The number of hydrogen-bond donors (Lipinski definition) is 4. The van der Waals surface area contributed by atoms with E-state index in [-0.39, 0.29) is 9.75 Å². The third kappa shape index (κ3) is 6.23. The number of carboxylic acids is 4. The fraction of sp³-hybridized carbons (Fsp3) is 0.167. The van der Waals surface area contributed by atoms with Crippen molar-refractivity contribution < 1.29 is 44.0 Å². The molecule has 0 fully saturated rings. The molecule has 0 radical (unpaired) electrons. The third-order valence-corrected chi connectivity index (χ3v) is 2.88. The van der Waals surface area contributed by atoms with E-state index in [1.54, 1.807) is 0 Å². The maximum absolute atomic E-state index is 10.3. The Morgan fingerprint density at radius 3 is 1.29 bits per heavy atom. The number of carboxylic acid groups (broad SMARTS) is 4. The van der Waals surface area contributed by atoms with Crippen molar-refractivity contribution in [3.63, 3.8) is 0 Å². The van der Waals surface area contributed by atoms with Crippen LogP contribution in [0.5, 0.6) is 0 Å². The van der Waals surface area contributed by atoms with Gasteiger partial charge < -0.3 is 24.8 Å². The molecule has 2 aromatic rings. The van der Waals surface area contributed by atoms with Crippen LogP contribution >= 0.6 is 11.3 Å². The molecule has 130 valence electrons. The number of rotatable bonds is 4. The first kappa shape index (κ1) is 20.7. The van der Waals surface area contributed by atoms with Crippen molar-refractivity contribution in [3.8, 4) is 0 Å². The van der Waals surface area contributed by atoms with Crippen molar-refractivity contribution in [2.24, 2.45) is 0 Å². The van der Waals surface area contributed by atoms with E-state index in [2.05, 4.69) is 14.6 Å². The summed E-state index contributed by atoms with van der Waals surface area (Å²) in [5.41, 5.74) is 0. The third-order valence-electron chi connectivity index (χ3n) is 1.82. The smallest absolute Gasteiger partial charge is 0.393 e. The van der Waals surface area contributed by atoms with E-state index in [4.69, 9.17) is 20.4 Å². The van der Waals surface area contributed by atoms with E-state index in [0.29, 0.717) is 0 Å². The highest BCUT2D eigenvalue weighted by atomic mass is 32.1. The van der Waals surface area contributed by atoms with Crippen molar-refractivity contribution >= 4 is 35.2 Å². The first-order valence-corrected chi connectivity index (χ1v) is 6.90. The van der Waals surface area contributed by atoms with Crippen molar-refractivity contribution in [3.05, 3.63) is 33.7 Å². The standard InChI is InChI=1S/C6H4O4S.C4H2N2O5.C2H6/c7-5(8)3-1-2-4(11-3)6(9)10;7-3(8)1-5-6-2(11-1)4(9)10;1-2/h1-2H,(H,7,8)(H,9,10);(H,7,8)(H,9,10);1-2H3. The second-order valence-electron chi connectivity index (χ2n) is 3.30. The second-order valence-corrected chi connectivity index (χ2v) is 4.38. The highest BCUT2D eigenvalue weighted by Crippen LogP contribution is 2.15. The van der Waals surface area contributed by atoms with Gasteiger partial charge in [0.1, 0.15) is 9.75 Å². The minimum atomic E-state index is -1.45. The highest BCUT2D eigenvalue weighted by Gasteiger charge is 2.17. The summed E-state index contributed by atoms with van der Waals surface area (Å²) in [6, 6.07) is 2.55. The van der Waals surface area contributed by atoms with E-state index in [1.807, 2.05) is 13.8 Å². The average molecular weight is 360 g/mol. The van der Waals surface area contributed by atoms with Crippen molar-refractivity contribution in [1.29, 1.82) is 0 Å². The van der Waals surface area contributed by atoms with Crippen molar-refractivity contribution in [1.82, 2.24) is 10.2 Å². The molecule has 2 aromatic heterocycles. The van der Waals surface area contributed by atoms with Crippen LogP contribution in [0.25, 0.3) is 0 Å². The highest BCUT2D eigenvalue weighted by molar-refractivity contribution is 7.15. The summed E-state index contributed by atoms with van der Waals surface area (Å²) in [4.78, 5) is 40.7. The molecule has 0 spiro atoms. The van der Waals surface area contributed by atoms with Crippen LogP contribution in [0, 0.1) is 0 Å². The molecule has 12 heteroatoms. The summed E-state index contributed by atoms with van der Waals surface area (Å²) in [5.74, 6) is -6.56. The monoisotopic (exact) mass is 360 g/mol. The van der Waals surface area contributed by atoms with Gasteiger partial charge in [-0.3, -0.25) is 0 Å². The molecular formula is C12H12N2O9S. The molecule has 0 atom stereocenters. The van der Waals surface area contributed by atoms with E-state index in [1.165, 1.54) is 12.1 Å². The van der Waals surface area contributed by atoms with Gasteiger partial charge in [-0.2, -0.15) is 0 Å². The van der Waals surface area contributed by atoms with Crippen LogP contribution in [0.3, 0.4) is 0 Å². The second kappa shape index (κ2) is 9.68. The van der Waals surface area contributed by atoms with Crippen LogP contribution in [0.4, 0.5) is 0 Å². The molecular weight excluding hydrogens is 348 g/mol. The molecule has 0 aliphatic rings. The van der Waals surface area contributed by atoms with Crippen LogP contribution in [0.15, 0.2) is 16.5 Å². The predicted octanol–water partition coefficient (Wildman–Crippen LogP) is 1.64. The van der Waals surface area contributed by atoms with Gasteiger partial charge in [0.15, 0.2) is 0 Å². The number of hydrogen-bond acceptors (Lipinski definition) is 8. The Labute approximate surface area is 137 Å². The fourth-order valence-corrected chi connectivity index (χ4v) is 1.65. The minimum absolute atomic E-state index is 0.0439. The molecule has 24 heavy (non-hydrogen) atoms. The summed E-state index contributed by atoms with van der Waals surface area (Å²) in [6.45, 7) is 4.00. The lowest BCUT2D eigenvalue weighted by Crippen LogP contribution is -1.96. The molecule has 0 amide bonds. The van der Waals surface area contributed by atoms with Gasteiger partial charge in [-0.1, -0.05) is 13.8 Å². The van der Waals surface area contributed by atoms with Crippen LogP contribution in [0.1, 0.15) is 54.6 Å². The van der Waals surface area contributed by atoms with Crippen molar-refractivity contribution in [2.45, 2.75) is 13.8 Å². The topological polar surface area (TPSA) is 188 Å². The van der Waals surface area contributed by atoms with Gasteiger partial charge >= 0.3 is 35.7 Å². The Morgan fingerprint density at radius 1 is 0.792 bits per heavy atom. The van der Waals surface area contributed by atoms with E-state index in [9.17, 15) is 19.2 Å². The summed E-state index contributed by atoms with van der Waals surface area (Å²) in [6.07, 6.45) is 0. The summed E-state index contributed by atoms with van der Waals surface area (Å²) in [7, 11) is 0. The first-order chi connectivity index (χ1) is 11.2. The molecule has 4 N–H and O–H groups in total. The summed E-state index contributed by atoms with van der Waals surface area (Å²) in [5, 5.41) is 39.1. The molecule has 0 saturated heterocycles. The molecule has 2 heterocycles. The lowest BCUT2D eigenvalue weighted by Gasteiger charge is -1.82. The summed E-state index contributed by atoms with van der Waals surface area (Å²) >= 11 is 0.750. The predicted molar refractivity (Wildman–Crippen MR) is 77.8 cm³/mol. The zero-order valence-electron chi connectivity index (χ0n) is 12.3. The van der Waals surface area contributed by atoms with Crippen LogP contribution in [0.2, 0.25) is 0 Å². The first-order valence-electron chi connectivity index (χ1n) is 6.09. The molecule has 0 aliphatic heterocycles. The Balaban J connectivity index is 0.000000400. The minimum Gasteiger partial charge on any atom is -0.477 e. The normalized spacial score (nSPS) is 8.92. The van der Waals surface area contributed by atoms with Crippen molar-refractivity contribution in [2.75, 3.05) is 0 Å². The molecule has 11 nitrogen and oxygen atoms in total. The molecule has 0 unspecified atom stereocenters. The maximum Gasteiger partial charge on any atom is 0.393 e. The zero-order valence-corrected chi connectivity index (χ0v) is 13.1. The SMILES string of the molecule is CC.O=C(O)c1ccc(C(=O)O)s1.O=C(O)c1nnc(C(=O)O)o1. The number of carbonyl (C=O) groups is 4.